The van der Waals surface area contributed by atoms with Gasteiger partial charge in [-0.25, -0.2) is 0 Å². The highest BCUT2D eigenvalue weighted by molar-refractivity contribution is 5.48. The summed E-state index contributed by atoms with van der Waals surface area (Å²) in [5.74, 6) is 0.125. The van der Waals surface area contributed by atoms with Crippen molar-refractivity contribution in [1.82, 2.24) is 15.0 Å². The summed E-state index contributed by atoms with van der Waals surface area (Å²) in [5.41, 5.74) is 15.4. The first-order chi connectivity index (χ1) is 7.10. The molecule has 1 heterocycles. The van der Waals surface area contributed by atoms with E-state index in [1.165, 1.54) is 0 Å². The smallest absolute Gasteiger partial charge is 0.226 e. The molecule has 1 rings (SSSR count). The normalized spacial score (nSPS) is 8.87. The minimum atomic E-state index is 0.0417. The van der Waals surface area contributed by atoms with Crippen LogP contribution in [0.1, 0.15) is 26.2 Å². The minimum absolute atomic E-state index is 0.0417. The molecule has 0 saturated heterocycles. The van der Waals surface area contributed by atoms with Gasteiger partial charge in [0, 0.05) is 6.42 Å². The van der Waals surface area contributed by atoms with Crippen molar-refractivity contribution >= 4 is 24.1 Å². The van der Waals surface area contributed by atoms with Crippen LogP contribution in [0.25, 0.3) is 0 Å². The van der Waals surface area contributed by atoms with Crippen molar-refractivity contribution in [1.29, 1.82) is 0 Å². The summed E-state index contributed by atoms with van der Waals surface area (Å²) >= 11 is 0. The molecule has 84 valence electrons. The van der Waals surface area contributed by atoms with E-state index in [2.05, 4.69) is 21.9 Å². The Kier molecular flexibility index (Phi) is 6.52. The second-order valence-corrected chi connectivity index (χ2v) is 2.72. The van der Waals surface area contributed by atoms with Gasteiger partial charge in [-0.3, -0.25) is 0 Å². The number of carbonyl (C=O) groups excluding carboxylic acids is 1. The Morgan fingerprint density at radius 2 is 1.47 bits per heavy atom. The van der Waals surface area contributed by atoms with E-state index in [-0.39, 0.29) is 17.8 Å². The van der Waals surface area contributed by atoms with Crippen LogP contribution in [0.5, 0.6) is 0 Å². The van der Waals surface area contributed by atoms with Gasteiger partial charge in [0.15, 0.2) is 0 Å². The third kappa shape index (κ3) is 7.17. The molecule has 7 heteroatoms. The molecule has 0 radical (unpaired) electrons. The van der Waals surface area contributed by atoms with Gasteiger partial charge in [-0.15, -0.1) is 0 Å². The summed E-state index contributed by atoms with van der Waals surface area (Å²) in [6, 6.07) is 0. The first-order valence-electron chi connectivity index (χ1n) is 4.56. The highest BCUT2D eigenvalue weighted by atomic mass is 16.1. The van der Waals surface area contributed by atoms with Gasteiger partial charge in [-0.1, -0.05) is 13.3 Å². The first-order valence-corrected chi connectivity index (χ1v) is 4.56. The van der Waals surface area contributed by atoms with Crippen LogP contribution < -0.4 is 17.2 Å². The lowest BCUT2D eigenvalue weighted by Crippen LogP contribution is -2.05. The molecular weight excluding hydrogens is 196 g/mol. The highest BCUT2D eigenvalue weighted by Crippen LogP contribution is 1.97. The number of anilines is 3. The molecule has 0 saturated carbocycles. The number of nitrogens with two attached hydrogens (primary N) is 3. The molecule has 0 aliphatic heterocycles. The van der Waals surface area contributed by atoms with Crippen LogP contribution in [-0.4, -0.2) is 21.2 Å². The van der Waals surface area contributed by atoms with E-state index in [0.717, 1.165) is 25.5 Å². The van der Waals surface area contributed by atoms with E-state index >= 15 is 0 Å². The number of hydrogen-bond donors (Lipinski definition) is 3. The predicted molar refractivity (Wildman–Crippen MR) is 58.7 cm³/mol. The SMILES string of the molecule is CCCCC=O.Nc1nc(N)nc(N)n1. The Labute approximate surface area is 88.1 Å². The maximum absolute atomic E-state index is 9.56. The van der Waals surface area contributed by atoms with E-state index in [1.807, 2.05) is 0 Å². The Hall–Kier alpha value is -1.92. The Balaban J connectivity index is 0.000000288. The second-order valence-electron chi connectivity index (χ2n) is 2.72. The second kappa shape index (κ2) is 7.48. The minimum Gasteiger partial charge on any atom is -0.368 e. The van der Waals surface area contributed by atoms with Crippen LogP contribution >= 0.6 is 0 Å². The number of rotatable bonds is 3. The molecule has 0 fully saturated rings. The molecule has 0 amide bonds. The van der Waals surface area contributed by atoms with Gasteiger partial charge in [-0.05, 0) is 6.42 Å². The van der Waals surface area contributed by atoms with Gasteiger partial charge in [0.1, 0.15) is 6.29 Å². The maximum atomic E-state index is 9.56. The molecular formula is C8H16N6O. The summed E-state index contributed by atoms with van der Waals surface area (Å²) in [6.45, 7) is 2.07. The number of nitrogens with zero attached hydrogens (tertiary/aromatic N) is 3. The van der Waals surface area contributed by atoms with E-state index < -0.39 is 0 Å². The predicted octanol–water partition coefficient (Wildman–Crippen LogP) is -0.00630. The molecule has 0 spiro atoms. The van der Waals surface area contributed by atoms with Crippen LogP contribution in [-0.2, 0) is 4.79 Å². The van der Waals surface area contributed by atoms with Crippen molar-refractivity contribution in [2.75, 3.05) is 17.2 Å². The zero-order valence-electron chi connectivity index (χ0n) is 8.68. The van der Waals surface area contributed by atoms with Crippen LogP contribution in [0.2, 0.25) is 0 Å². The van der Waals surface area contributed by atoms with Crippen molar-refractivity contribution < 1.29 is 4.79 Å². The van der Waals surface area contributed by atoms with Crippen molar-refractivity contribution in [2.24, 2.45) is 0 Å². The fourth-order valence-corrected chi connectivity index (χ4v) is 0.715. The maximum Gasteiger partial charge on any atom is 0.226 e. The number of hydrogen-bond acceptors (Lipinski definition) is 7. The molecule has 0 atom stereocenters. The molecule has 15 heavy (non-hydrogen) atoms. The van der Waals surface area contributed by atoms with Crippen molar-refractivity contribution in [3.8, 4) is 0 Å². The van der Waals surface area contributed by atoms with Crippen molar-refractivity contribution in [3.05, 3.63) is 0 Å². The lowest BCUT2D eigenvalue weighted by atomic mass is 10.3. The van der Waals surface area contributed by atoms with E-state index in [4.69, 9.17) is 17.2 Å². The zero-order chi connectivity index (χ0) is 11.7. The third-order valence-corrected chi connectivity index (χ3v) is 1.36. The highest BCUT2D eigenvalue weighted by Gasteiger charge is 1.93. The molecule has 1 aromatic heterocycles. The summed E-state index contributed by atoms with van der Waals surface area (Å²) in [4.78, 5) is 20.0. The number of unbranched alkanes of at least 4 members (excludes halogenated alkanes) is 2. The molecule has 6 N–H and O–H groups in total. The number of nitrogen functional groups attached to an aromatic ring is 3. The van der Waals surface area contributed by atoms with E-state index in [9.17, 15) is 4.79 Å². The quantitative estimate of drug-likeness (QED) is 0.474. The van der Waals surface area contributed by atoms with E-state index in [1.54, 1.807) is 0 Å². The molecule has 0 bridgehead atoms. The summed E-state index contributed by atoms with van der Waals surface area (Å²) in [6.07, 6.45) is 3.86. The topological polar surface area (TPSA) is 134 Å². The van der Waals surface area contributed by atoms with Crippen LogP contribution in [0.15, 0.2) is 0 Å². The van der Waals surface area contributed by atoms with Crippen LogP contribution in [0, 0.1) is 0 Å². The number of aldehydes is 1. The van der Waals surface area contributed by atoms with Gasteiger partial charge in [0.25, 0.3) is 0 Å². The summed E-state index contributed by atoms with van der Waals surface area (Å²) in [7, 11) is 0. The average Bonchev–Trinajstić information content (AvgIpc) is 2.13. The van der Waals surface area contributed by atoms with Gasteiger partial charge >= 0.3 is 0 Å². The largest absolute Gasteiger partial charge is 0.368 e. The molecule has 1 aromatic rings. The lowest BCUT2D eigenvalue weighted by molar-refractivity contribution is -0.107. The molecule has 0 aliphatic carbocycles. The van der Waals surface area contributed by atoms with Gasteiger partial charge < -0.3 is 22.0 Å². The molecule has 0 unspecified atom stereocenters. The Bertz CT molecular complexity index is 253. The summed E-state index contributed by atoms with van der Waals surface area (Å²) < 4.78 is 0. The molecule has 7 nitrogen and oxygen atoms in total. The number of aromatic nitrogens is 3. The lowest BCUT2D eigenvalue weighted by Gasteiger charge is -1.93. The van der Waals surface area contributed by atoms with Crippen molar-refractivity contribution in [3.63, 3.8) is 0 Å². The van der Waals surface area contributed by atoms with Gasteiger partial charge in [0.2, 0.25) is 17.8 Å². The monoisotopic (exact) mass is 212 g/mol. The van der Waals surface area contributed by atoms with Gasteiger partial charge in [-0.2, -0.15) is 15.0 Å². The number of carbonyl (C=O) groups is 1. The molecule has 0 aromatic carbocycles. The summed E-state index contributed by atoms with van der Waals surface area (Å²) in [5, 5.41) is 0. The fraction of sp³-hybridized carbons (Fsp3) is 0.500. The zero-order valence-corrected chi connectivity index (χ0v) is 8.68. The fourth-order valence-electron chi connectivity index (χ4n) is 0.715. The third-order valence-electron chi connectivity index (χ3n) is 1.36. The average molecular weight is 212 g/mol. The van der Waals surface area contributed by atoms with E-state index in [0.29, 0.717) is 0 Å². The van der Waals surface area contributed by atoms with Crippen LogP contribution in [0.4, 0.5) is 17.8 Å². The van der Waals surface area contributed by atoms with Crippen LogP contribution in [0.3, 0.4) is 0 Å². The van der Waals surface area contributed by atoms with Crippen molar-refractivity contribution in [2.45, 2.75) is 26.2 Å². The standard InChI is InChI=1S/C5H10O.C3H6N6/c1-2-3-4-5-6;4-1-7-2(5)9-3(6)8-1/h5H,2-4H2,1H3;(H6,4,5,6,7,8,9). The Morgan fingerprint density at radius 3 is 1.67 bits per heavy atom. The first kappa shape index (κ1) is 13.1. The molecule has 0 aliphatic rings. The Morgan fingerprint density at radius 1 is 1.07 bits per heavy atom. The van der Waals surface area contributed by atoms with Gasteiger partial charge in [0.05, 0.1) is 0 Å².